The van der Waals surface area contributed by atoms with Crippen LogP contribution < -0.4 is 10.4 Å². The van der Waals surface area contributed by atoms with Crippen molar-refractivity contribution in [2.75, 3.05) is 24.6 Å². The van der Waals surface area contributed by atoms with Crippen molar-refractivity contribution in [2.24, 2.45) is 0 Å². The van der Waals surface area contributed by atoms with Gasteiger partial charge in [0.25, 0.3) is 5.91 Å². The average Bonchev–Trinajstić information content (AvgIpc) is 3.58. The molecule has 2 aromatic carbocycles. The Labute approximate surface area is 198 Å². The summed E-state index contributed by atoms with van der Waals surface area (Å²) in [5, 5.41) is 5.52. The number of likely N-dealkylation sites (tertiary alicyclic amines) is 1. The van der Waals surface area contributed by atoms with Gasteiger partial charge in [0.1, 0.15) is 12.0 Å². The number of halogens is 1. The Morgan fingerprint density at radius 2 is 1.85 bits per heavy atom. The zero-order valence-electron chi connectivity index (χ0n) is 18.9. The van der Waals surface area contributed by atoms with E-state index in [4.69, 9.17) is 4.52 Å². The summed E-state index contributed by atoms with van der Waals surface area (Å²) in [5.41, 5.74) is 5.49. The van der Waals surface area contributed by atoms with Crippen molar-refractivity contribution in [3.05, 3.63) is 96.3 Å². The van der Waals surface area contributed by atoms with E-state index in [1.165, 1.54) is 23.9 Å². The number of hydrogen-bond donors (Lipinski definition) is 1. The molecule has 2 aliphatic rings. The molecule has 1 N–H and O–H groups in total. The van der Waals surface area contributed by atoms with Crippen LogP contribution in [0.4, 0.5) is 10.1 Å². The fraction of sp³-hybridized carbons (Fsp3) is 0.308. The van der Waals surface area contributed by atoms with Crippen LogP contribution in [0.25, 0.3) is 0 Å². The van der Waals surface area contributed by atoms with Crippen molar-refractivity contribution in [3.63, 3.8) is 0 Å². The lowest BCUT2D eigenvalue weighted by Crippen LogP contribution is -2.56. The molecule has 1 unspecified atom stereocenters. The Morgan fingerprint density at radius 1 is 1.09 bits per heavy atom. The van der Waals surface area contributed by atoms with Gasteiger partial charge in [0.15, 0.2) is 0 Å². The van der Waals surface area contributed by atoms with Gasteiger partial charge in [0, 0.05) is 37.9 Å². The van der Waals surface area contributed by atoms with Gasteiger partial charge >= 0.3 is 0 Å². The van der Waals surface area contributed by atoms with E-state index in [0.717, 1.165) is 44.6 Å². The van der Waals surface area contributed by atoms with Gasteiger partial charge in [-0.15, -0.1) is 0 Å². The summed E-state index contributed by atoms with van der Waals surface area (Å²) in [7, 11) is 0. The molecule has 1 fully saturated rings. The van der Waals surface area contributed by atoms with Crippen molar-refractivity contribution >= 4 is 11.6 Å². The van der Waals surface area contributed by atoms with E-state index in [9.17, 15) is 9.18 Å². The molecule has 3 aromatic rings. The van der Waals surface area contributed by atoms with Crippen LogP contribution in [0.1, 0.15) is 29.0 Å². The van der Waals surface area contributed by atoms with Crippen LogP contribution in [0.5, 0.6) is 0 Å². The molecule has 1 amide bonds. The van der Waals surface area contributed by atoms with Crippen molar-refractivity contribution in [2.45, 2.75) is 31.5 Å². The van der Waals surface area contributed by atoms with Gasteiger partial charge < -0.3 is 14.3 Å². The molecule has 1 atom stereocenters. The Morgan fingerprint density at radius 3 is 2.56 bits per heavy atom. The molecule has 1 saturated heterocycles. The highest BCUT2D eigenvalue weighted by atomic mass is 19.1. The maximum absolute atomic E-state index is 13.4. The number of anilines is 1. The number of nitrogens with zero attached hydrogens (tertiary/aromatic N) is 4. The first-order valence-corrected chi connectivity index (χ1v) is 11.7. The van der Waals surface area contributed by atoms with Crippen LogP contribution in [0.3, 0.4) is 0 Å². The molecule has 8 heteroatoms. The van der Waals surface area contributed by atoms with E-state index >= 15 is 0 Å². The Kier molecular flexibility index (Phi) is 6.69. The quantitative estimate of drug-likeness (QED) is 0.577. The molecule has 176 valence electrons. The van der Waals surface area contributed by atoms with Crippen LogP contribution in [0.15, 0.2) is 83.7 Å². The number of carbonyl (C=O) groups excluding carboxylic acids is 1. The highest BCUT2D eigenvalue weighted by molar-refractivity contribution is 5.92. The number of amides is 1. The van der Waals surface area contributed by atoms with Crippen molar-refractivity contribution in [3.8, 4) is 0 Å². The van der Waals surface area contributed by atoms with Crippen LogP contribution in [0.2, 0.25) is 0 Å². The Bertz CT molecular complexity index is 1100. The standard InChI is InChI=1S/C26H28FN5O2/c27-21-6-8-22(9-7-21)31-19-14-25(29-31)32(26(33)24-10-15-28-34-24)23-12-17-30(18-13-23)16-11-20-4-2-1-3-5-20/h1-10,14-15,19,23,25,29H,11-13,16-18H2. The van der Waals surface area contributed by atoms with E-state index in [-0.39, 0.29) is 29.7 Å². The van der Waals surface area contributed by atoms with Gasteiger partial charge in [0.05, 0.1) is 11.9 Å². The van der Waals surface area contributed by atoms with Crippen molar-refractivity contribution < 1.29 is 13.7 Å². The van der Waals surface area contributed by atoms with E-state index in [2.05, 4.69) is 39.7 Å². The molecular weight excluding hydrogens is 433 g/mol. The predicted molar refractivity (Wildman–Crippen MR) is 127 cm³/mol. The number of hydrogen-bond acceptors (Lipinski definition) is 6. The fourth-order valence-electron chi connectivity index (χ4n) is 4.64. The predicted octanol–water partition coefficient (Wildman–Crippen LogP) is 3.83. The molecule has 2 aliphatic heterocycles. The van der Waals surface area contributed by atoms with Crippen LogP contribution >= 0.6 is 0 Å². The summed E-state index contributed by atoms with van der Waals surface area (Å²) < 4.78 is 18.5. The number of carbonyl (C=O) groups is 1. The van der Waals surface area contributed by atoms with Crippen LogP contribution in [-0.2, 0) is 6.42 Å². The highest BCUT2D eigenvalue weighted by Gasteiger charge is 2.36. The minimum absolute atomic E-state index is 0.0564. The first-order chi connectivity index (χ1) is 16.7. The Hall–Kier alpha value is -3.49. The number of piperidine rings is 1. The average molecular weight is 462 g/mol. The molecule has 34 heavy (non-hydrogen) atoms. The normalized spacial score (nSPS) is 19.0. The fourth-order valence-corrected chi connectivity index (χ4v) is 4.64. The maximum atomic E-state index is 13.4. The van der Waals surface area contributed by atoms with Gasteiger partial charge in [-0.25, -0.2) is 9.82 Å². The minimum atomic E-state index is -0.344. The largest absolute Gasteiger partial charge is 0.351 e. The lowest BCUT2D eigenvalue weighted by atomic mass is 10.0. The van der Waals surface area contributed by atoms with Crippen LogP contribution in [-0.4, -0.2) is 52.7 Å². The van der Waals surface area contributed by atoms with Gasteiger partial charge in [-0.3, -0.25) is 9.80 Å². The molecule has 0 radical (unpaired) electrons. The van der Waals surface area contributed by atoms with E-state index < -0.39 is 0 Å². The molecule has 0 spiro atoms. The highest BCUT2D eigenvalue weighted by Crippen LogP contribution is 2.25. The second-order valence-corrected chi connectivity index (χ2v) is 8.66. The number of aromatic nitrogens is 1. The second-order valence-electron chi connectivity index (χ2n) is 8.66. The third-order valence-corrected chi connectivity index (χ3v) is 6.49. The second kappa shape index (κ2) is 10.2. The van der Waals surface area contributed by atoms with E-state index in [0.29, 0.717) is 0 Å². The Balaban J connectivity index is 1.25. The van der Waals surface area contributed by atoms with Crippen LogP contribution in [0, 0.1) is 5.82 Å². The molecule has 7 nitrogen and oxygen atoms in total. The summed E-state index contributed by atoms with van der Waals surface area (Å²) in [6.07, 6.45) is 7.72. The number of nitrogens with one attached hydrogen (secondary N) is 1. The summed E-state index contributed by atoms with van der Waals surface area (Å²) >= 11 is 0. The summed E-state index contributed by atoms with van der Waals surface area (Å²) in [4.78, 5) is 17.7. The number of rotatable bonds is 7. The summed E-state index contributed by atoms with van der Waals surface area (Å²) in [5.74, 6) is -0.255. The molecule has 0 aliphatic carbocycles. The third-order valence-electron chi connectivity index (χ3n) is 6.49. The summed E-state index contributed by atoms with van der Waals surface area (Å²) in [6, 6.07) is 18.4. The van der Waals surface area contributed by atoms with E-state index in [1.54, 1.807) is 23.2 Å². The molecule has 5 rings (SSSR count). The first-order valence-electron chi connectivity index (χ1n) is 11.7. The molecular formula is C26H28FN5O2. The summed E-state index contributed by atoms with van der Waals surface area (Å²) in [6.45, 7) is 2.86. The maximum Gasteiger partial charge on any atom is 0.294 e. The smallest absolute Gasteiger partial charge is 0.294 e. The topological polar surface area (TPSA) is 64.9 Å². The zero-order chi connectivity index (χ0) is 23.3. The molecule has 3 heterocycles. The first kappa shape index (κ1) is 22.3. The van der Waals surface area contributed by atoms with Crippen molar-refractivity contribution in [1.29, 1.82) is 0 Å². The van der Waals surface area contributed by atoms with Gasteiger partial charge in [-0.05, 0) is 55.2 Å². The van der Waals surface area contributed by atoms with Gasteiger partial charge in [-0.2, -0.15) is 0 Å². The number of hydrazine groups is 1. The molecule has 0 saturated carbocycles. The minimum Gasteiger partial charge on any atom is -0.351 e. The molecule has 0 bridgehead atoms. The lowest BCUT2D eigenvalue weighted by Gasteiger charge is -2.41. The van der Waals surface area contributed by atoms with Crippen molar-refractivity contribution in [1.82, 2.24) is 20.4 Å². The lowest BCUT2D eigenvalue weighted by molar-refractivity contribution is 0.0429. The number of benzene rings is 2. The molecule has 1 aromatic heterocycles. The monoisotopic (exact) mass is 461 g/mol. The van der Waals surface area contributed by atoms with Gasteiger partial charge in [-0.1, -0.05) is 35.5 Å². The van der Waals surface area contributed by atoms with Gasteiger partial charge in [0.2, 0.25) is 5.76 Å². The van der Waals surface area contributed by atoms with E-state index in [1.807, 2.05) is 23.2 Å². The third kappa shape index (κ3) is 5.03. The zero-order valence-corrected chi connectivity index (χ0v) is 18.9. The SMILES string of the molecule is O=C(c1ccno1)N(C1CCN(CCc2ccccc2)CC1)C1C=CN(c2ccc(F)cc2)N1.